The molecule has 1 aliphatic carbocycles. The van der Waals surface area contributed by atoms with E-state index in [0.717, 1.165) is 45.6 Å². The lowest BCUT2D eigenvalue weighted by molar-refractivity contribution is 0.522. The number of nitrogens with two attached hydrogens (primary N) is 1. The molecule has 1 aliphatic rings. The van der Waals surface area contributed by atoms with Crippen molar-refractivity contribution in [3.63, 3.8) is 0 Å². The van der Waals surface area contributed by atoms with E-state index in [0.29, 0.717) is 5.71 Å². The first-order valence-corrected chi connectivity index (χ1v) is 9.03. The molecule has 27 heavy (non-hydrogen) atoms. The lowest BCUT2D eigenvalue weighted by atomic mass is 9.80. The van der Waals surface area contributed by atoms with Gasteiger partial charge in [-0.2, -0.15) is 0 Å². The summed E-state index contributed by atoms with van der Waals surface area (Å²) in [4.78, 5) is 9.13. The van der Waals surface area contributed by atoms with Crippen LogP contribution in [0.4, 0.5) is 0 Å². The zero-order valence-electron chi connectivity index (χ0n) is 15.0. The number of furan rings is 1. The molecule has 1 unspecified atom stereocenters. The Bertz CT molecular complexity index is 1160. The van der Waals surface area contributed by atoms with E-state index in [1.54, 1.807) is 6.20 Å². The van der Waals surface area contributed by atoms with E-state index in [-0.39, 0.29) is 5.54 Å². The van der Waals surface area contributed by atoms with E-state index in [4.69, 9.17) is 15.1 Å². The maximum atomic E-state index is 6.38. The van der Waals surface area contributed by atoms with Crippen LogP contribution in [-0.4, -0.2) is 9.97 Å². The quantitative estimate of drug-likeness (QED) is 0.528. The molecule has 0 radical (unpaired) electrons. The van der Waals surface area contributed by atoms with Crippen LogP contribution in [0.2, 0.25) is 0 Å². The molecule has 0 fully saturated rings. The summed E-state index contributed by atoms with van der Waals surface area (Å²) in [5.74, 6) is 0.781. The second-order valence-electron chi connectivity index (χ2n) is 7.06. The molecule has 2 aromatic heterocycles. The van der Waals surface area contributed by atoms with Crippen molar-refractivity contribution in [2.75, 3.05) is 0 Å². The minimum absolute atomic E-state index is 0.338. The summed E-state index contributed by atoms with van der Waals surface area (Å²) in [5, 5.41) is 0. The number of hydrogen-bond acceptors (Lipinski definition) is 4. The van der Waals surface area contributed by atoms with E-state index in [9.17, 15) is 0 Å². The van der Waals surface area contributed by atoms with Crippen LogP contribution in [0.3, 0.4) is 0 Å². The van der Waals surface area contributed by atoms with Crippen LogP contribution in [0, 0.1) is 6.92 Å². The smallest absolute Gasteiger partial charge is 0.246 e. The Balaban J connectivity index is 1.70. The highest BCUT2D eigenvalue weighted by molar-refractivity contribution is 5.98. The van der Waals surface area contributed by atoms with Crippen LogP contribution in [0.5, 0.6) is 0 Å². The van der Waals surface area contributed by atoms with E-state index >= 15 is 0 Å². The van der Waals surface area contributed by atoms with E-state index in [1.807, 2.05) is 25.1 Å². The number of fused-ring (bicyclic) bond motifs is 1. The SMILES string of the molecule is Cc1cnc2oc(-c3ccc(C4(N)C=CC4)cc3)c(-c3ccccc3)c2n1. The molecule has 4 heteroatoms. The third-order valence-corrected chi connectivity index (χ3v) is 5.14. The Morgan fingerprint density at radius 3 is 2.41 bits per heavy atom. The Labute approximate surface area is 157 Å². The number of aromatic nitrogens is 2. The fourth-order valence-corrected chi connectivity index (χ4v) is 3.55. The van der Waals surface area contributed by atoms with Crippen molar-refractivity contribution in [3.8, 4) is 22.5 Å². The molecule has 0 bridgehead atoms. The summed E-state index contributed by atoms with van der Waals surface area (Å²) in [5.41, 5.74) is 12.4. The topological polar surface area (TPSA) is 64.9 Å². The molecular weight excluding hydrogens is 334 g/mol. The minimum atomic E-state index is -0.338. The van der Waals surface area contributed by atoms with Crippen molar-refractivity contribution in [2.45, 2.75) is 18.9 Å². The second-order valence-corrected chi connectivity index (χ2v) is 7.06. The predicted octanol–water partition coefficient (Wildman–Crippen LogP) is 4.98. The highest BCUT2D eigenvalue weighted by atomic mass is 16.3. The average Bonchev–Trinajstić information content (AvgIpc) is 3.05. The fraction of sp³-hybridized carbons (Fsp3) is 0.130. The molecule has 0 saturated carbocycles. The first-order valence-electron chi connectivity index (χ1n) is 9.03. The van der Waals surface area contributed by atoms with Gasteiger partial charge in [0, 0.05) is 5.56 Å². The van der Waals surface area contributed by atoms with Gasteiger partial charge in [0.05, 0.1) is 23.0 Å². The summed E-state index contributed by atoms with van der Waals surface area (Å²) in [7, 11) is 0. The van der Waals surface area contributed by atoms with Gasteiger partial charge in [-0.25, -0.2) is 9.97 Å². The average molecular weight is 353 g/mol. The first kappa shape index (κ1) is 16.0. The Morgan fingerprint density at radius 2 is 1.74 bits per heavy atom. The van der Waals surface area contributed by atoms with Gasteiger partial charge in [0.2, 0.25) is 5.71 Å². The number of aryl methyl sites for hydroxylation is 1. The van der Waals surface area contributed by atoms with Crippen molar-refractivity contribution in [2.24, 2.45) is 5.73 Å². The molecule has 132 valence electrons. The van der Waals surface area contributed by atoms with Gasteiger partial charge >= 0.3 is 0 Å². The number of hydrogen-bond donors (Lipinski definition) is 1. The van der Waals surface area contributed by atoms with Crippen LogP contribution >= 0.6 is 0 Å². The third-order valence-electron chi connectivity index (χ3n) is 5.14. The Morgan fingerprint density at radius 1 is 1.00 bits per heavy atom. The summed E-state index contributed by atoms with van der Waals surface area (Å²) >= 11 is 0. The Hall–Kier alpha value is -3.24. The maximum Gasteiger partial charge on any atom is 0.246 e. The van der Waals surface area contributed by atoms with Crippen LogP contribution in [-0.2, 0) is 5.54 Å². The van der Waals surface area contributed by atoms with Crippen molar-refractivity contribution in [1.82, 2.24) is 9.97 Å². The molecule has 0 saturated heterocycles. The molecule has 4 aromatic rings. The molecule has 2 heterocycles. The van der Waals surface area contributed by atoms with Crippen molar-refractivity contribution in [3.05, 3.63) is 84.2 Å². The largest absolute Gasteiger partial charge is 0.436 e. The lowest BCUT2D eigenvalue weighted by Crippen LogP contribution is -2.38. The van der Waals surface area contributed by atoms with Crippen molar-refractivity contribution < 1.29 is 4.42 Å². The predicted molar refractivity (Wildman–Crippen MR) is 107 cm³/mol. The molecule has 2 N–H and O–H groups in total. The van der Waals surface area contributed by atoms with Crippen molar-refractivity contribution in [1.29, 1.82) is 0 Å². The van der Waals surface area contributed by atoms with Crippen LogP contribution in [0.15, 0.2) is 77.4 Å². The molecule has 1 atom stereocenters. The zero-order chi connectivity index (χ0) is 18.4. The van der Waals surface area contributed by atoms with Crippen molar-refractivity contribution >= 4 is 11.2 Å². The summed E-state index contributed by atoms with van der Waals surface area (Å²) in [6.07, 6.45) is 6.75. The lowest BCUT2D eigenvalue weighted by Gasteiger charge is -2.31. The van der Waals surface area contributed by atoms with Gasteiger partial charge in [0.1, 0.15) is 11.3 Å². The van der Waals surface area contributed by atoms with E-state index < -0.39 is 0 Å². The fourth-order valence-electron chi connectivity index (χ4n) is 3.55. The van der Waals surface area contributed by atoms with E-state index in [1.165, 1.54) is 0 Å². The van der Waals surface area contributed by atoms with Crippen LogP contribution < -0.4 is 5.73 Å². The molecule has 0 spiro atoms. The molecule has 2 aromatic carbocycles. The normalized spacial score (nSPS) is 18.6. The van der Waals surface area contributed by atoms with Gasteiger partial charge in [-0.05, 0) is 24.5 Å². The second kappa shape index (κ2) is 5.89. The maximum absolute atomic E-state index is 6.38. The number of benzene rings is 2. The monoisotopic (exact) mass is 353 g/mol. The van der Waals surface area contributed by atoms with Gasteiger partial charge in [0.15, 0.2) is 0 Å². The van der Waals surface area contributed by atoms with E-state index in [2.05, 4.69) is 53.5 Å². The first-order chi connectivity index (χ1) is 13.1. The highest BCUT2D eigenvalue weighted by Gasteiger charge is 2.28. The summed E-state index contributed by atoms with van der Waals surface area (Å²) < 4.78 is 6.14. The molecule has 4 nitrogen and oxygen atoms in total. The number of nitrogens with zero attached hydrogens (tertiary/aromatic N) is 2. The highest BCUT2D eigenvalue weighted by Crippen LogP contribution is 2.40. The standard InChI is InChI=1S/C23H19N3O/c1-15-14-25-22-20(26-15)19(16-6-3-2-4-7-16)21(27-22)17-8-10-18(11-9-17)23(24)12-5-13-23/h2-12,14H,13,24H2,1H3. The Kier molecular flexibility index (Phi) is 3.49. The van der Waals surface area contributed by atoms with Gasteiger partial charge in [-0.1, -0.05) is 66.7 Å². The summed E-state index contributed by atoms with van der Waals surface area (Å²) in [6.45, 7) is 1.94. The molecule has 0 amide bonds. The van der Waals surface area contributed by atoms with Crippen LogP contribution in [0.1, 0.15) is 17.7 Å². The molecular formula is C23H19N3O. The van der Waals surface area contributed by atoms with Gasteiger partial charge < -0.3 is 10.2 Å². The molecule has 0 aliphatic heterocycles. The minimum Gasteiger partial charge on any atom is -0.436 e. The number of rotatable bonds is 3. The van der Waals surface area contributed by atoms with Gasteiger partial charge in [-0.3, -0.25) is 0 Å². The summed E-state index contributed by atoms with van der Waals surface area (Å²) in [6, 6.07) is 18.5. The van der Waals surface area contributed by atoms with Crippen LogP contribution in [0.25, 0.3) is 33.7 Å². The molecule has 5 rings (SSSR count). The van der Waals surface area contributed by atoms with Gasteiger partial charge in [-0.15, -0.1) is 0 Å². The zero-order valence-corrected chi connectivity index (χ0v) is 15.0. The van der Waals surface area contributed by atoms with Gasteiger partial charge in [0.25, 0.3) is 0 Å². The third kappa shape index (κ3) is 2.57.